The molecule has 0 amide bonds. The van der Waals surface area contributed by atoms with Gasteiger partial charge < -0.3 is 9.30 Å². The minimum absolute atomic E-state index is 0.194. The molecule has 0 fully saturated rings. The van der Waals surface area contributed by atoms with Crippen molar-refractivity contribution >= 4 is 5.97 Å². The summed E-state index contributed by atoms with van der Waals surface area (Å²) < 4.78 is 6.50. The van der Waals surface area contributed by atoms with Gasteiger partial charge in [-0.05, 0) is 25.3 Å². The first-order valence-corrected chi connectivity index (χ1v) is 5.86. The first-order chi connectivity index (χ1) is 8.02. The summed E-state index contributed by atoms with van der Waals surface area (Å²) in [4.78, 5) is 23.2. The Morgan fingerprint density at radius 2 is 2.06 bits per heavy atom. The number of hydrogen-bond acceptors (Lipinski definition) is 3. The van der Waals surface area contributed by atoms with Crippen LogP contribution in [-0.2, 0) is 9.53 Å². The molecule has 1 aromatic heterocycles. The average Bonchev–Trinajstić information content (AvgIpc) is 2.28. The highest BCUT2D eigenvalue weighted by atomic mass is 16.5. The molecule has 1 atom stereocenters. The van der Waals surface area contributed by atoms with Gasteiger partial charge in [0.05, 0.1) is 6.61 Å². The molecule has 4 heteroatoms. The van der Waals surface area contributed by atoms with Crippen LogP contribution >= 0.6 is 0 Å². The van der Waals surface area contributed by atoms with Crippen LogP contribution in [0.1, 0.15) is 33.2 Å². The Morgan fingerprint density at radius 3 is 2.65 bits per heavy atom. The maximum absolute atomic E-state index is 11.7. The molecular weight excluding hydrogens is 218 g/mol. The van der Waals surface area contributed by atoms with Gasteiger partial charge in [0.1, 0.15) is 6.04 Å². The van der Waals surface area contributed by atoms with Crippen molar-refractivity contribution in [3.8, 4) is 0 Å². The van der Waals surface area contributed by atoms with E-state index in [0.29, 0.717) is 12.5 Å². The van der Waals surface area contributed by atoms with Gasteiger partial charge in [-0.15, -0.1) is 0 Å². The summed E-state index contributed by atoms with van der Waals surface area (Å²) in [5.74, 6) is 0.136. The van der Waals surface area contributed by atoms with E-state index in [-0.39, 0.29) is 11.5 Å². The Morgan fingerprint density at radius 1 is 1.35 bits per heavy atom. The minimum Gasteiger partial charge on any atom is -0.464 e. The fourth-order valence-electron chi connectivity index (χ4n) is 1.39. The molecule has 1 unspecified atom stereocenters. The lowest BCUT2D eigenvalue weighted by Gasteiger charge is -2.14. The molecule has 1 heterocycles. The van der Waals surface area contributed by atoms with Crippen LogP contribution in [0.5, 0.6) is 0 Å². The van der Waals surface area contributed by atoms with Crippen molar-refractivity contribution in [2.75, 3.05) is 6.61 Å². The number of esters is 1. The molecule has 0 aliphatic heterocycles. The number of pyridine rings is 1. The second-order valence-corrected chi connectivity index (χ2v) is 4.47. The molecular formula is C13H19NO3. The lowest BCUT2D eigenvalue weighted by molar-refractivity contribution is -0.147. The molecule has 4 nitrogen and oxygen atoms in total. The van der Waals surface area contributed by atoms with Crippen LogP contribution in [-0.4, -0.2) is 17.1 Å². The van der Waals surface area contributed by atoms with E-state index < -0.39 is 6.04 Å². The highest BCUT2D eigenvalue weighted by Crippen LogP contribution is 2.06. The van der Waals surface area contributed by atoms with Crippen LogP contribution in [0.2, 0.25) is 0 Å². The zero-order chi connectivity index (χ0) is 12.8. The number of carbonyl (C=O) groups excluding carboxylic acids is 1. The highest BCUT2D eigenvalue weighted by molar-refractivity contribution is 5.73. The van der Waals surface area contributed by atoms with Gasteiger partial charge in [0.15, 0.2) is 0 Å². The van der Waals surface area contributed by atoms with Gasteiger partial charge in [-0.3, -0.25) is 4.79 Å². The third-order valence-corrected chi connectivity index (χ3v) is 2.55. The molecule has 1 rings (SSSR count). The Balaban J connectivity index is 2.58. The van der Waals surface area contributed by atoms with Crippen LogP contribution in [0.4, 0.5) is 0 Å². The summed E-state index contributed by atoms with van der Waals surface area (Å²) in [7, 11) is 0. The van der Waals surface area contributed by atoms with E-state index in [1.54, 1.807) is 25.3 Å². The molecule has 0 spiro atoms. The molecule has 17 heavy (non-hydrogen) atoms. The van der Waals surface area contributed by atoms with Gasteiger partial charge in [-0.1, -0.05) is 19.9 Å². The van der Waals surface area contributed by atoms with E-state index in [0.717, 1.165) is 6.42 Å². The van der Waals surface area contributed by atoms with Crippen LogP contribution in [0.3, 0.4) is 0 Å². The summed E-state index contributed by atoms with van der Waals surface area (Å²) >= 11 is 0. The summed E-state index contributed by atoms with van der Waals surface area (Å²) in [6, 6.07) is 4.23. The number of ether oxygens (including phenoxy) is 1. The standard InChI is InChI=1S/C13H19NO3/c1-10(2)7-9-17-13(16)11(3)14-8-5-4-6-12(14)15/h4-6,8,10-11H,7,9H2,1-3H3. The fraction of sp³-hybridized carbons (Fsp3) is 0.538. The molecule has 0 saturated carbocycles. The van der Waals surface area contributed by atoms with Crippen molar-refractivity contribution in [1.82, 2.24) is 4.57 Å². The number of hydrogen-bond donors (Lipinski definition) is 0. The van der Waals surface area contributed by atoms with Gasteiger partial charge in [0, 0.05) is 12.3 Å². The molecule has 0 aliphatic rings. The monoisotopic (exact) mass is 237 g/mol. The van der Waals surface area contributed by atoms with Crippen LogP contribution in [0.15, 0.2) is 29.2 Å². The largest absolute Gasteiger partial charge is 0.464 e. The molecule has 0 N–H and O–H groups in total. The predicted octanol–water partition coefficient (Wildman–Crippen LogP) is 2.00. The topological polar surface area (TPSA) is 48.3 Å². The Bertz CT molecular complexity index is 423. The van der Waals surface area contributed by atoms with Crippen LogP contribution in [0, 0.1) is 5.92 Å². The maximum atomic E-state index is 11.7. The van der Waals surface area contributed by atoms with Crippen molar-refractivity contribution in [1.29, 1.82) is 0 Å². The minimum atomic E-state index is -0.573. The fourth-order valence-corrected chi connectivity index (χ4v) is 1.39. The zero-order valence-electron chi connectivity index (χ0n) is 10.6. The maximum Gasteiger partial charge on any atom is 0.328 e. The summed E-state index contributed by atoms with van der Waals surface area (Å²) in [6.07, 6.45) is 2.43. The van der Waals surface area contributed by atoms with Crippen molar-refractivity contribution < 1.29 is 9.53 Å². The quantitative estimate of drug-likeness (QED) is 0.736. The van der Waals surface area contributed by atoms with Crippen molar-refractivity contribution in [2.45, 2.75) is 33.2 Å². The third kappa shape index (κ3) is 4.06. The van der Waals surface area contributed by atoms with Gasteiger partial charge in [0.2, 0.25) is 0 Å². The second kappa shape index (κ2) is 6.23. The first kappa shape index (κ1) is 13.5. The van der Waals surface area contributed by atoms with Crippen molar-refractivity contribution in [3.05, 3.63) is 34.7 Å². The lowest BCUT2D eigenvalue weighted by Crippen LogP contribution is -2.28. The van der Waals surface area contributed by atoms with E-state index in [9.17, 15) is 9.59 Å². The molecule has 0 aliphatic carbocycles. The Labute approximate surface area is 101 Å². The second-order valence-electron chi connectivity index (χ2n) is 4.47. The van der Waals surface area contributed by atoms with Gasteiger partial charge in [0.25, 0.3) is 5.56 Å². The first-order valence-electron chi connectivity index (χ1n) is 5.86. The summed E-state index contributed by atoms with van der Waals surface area (Å²) in [6.45, 7) is 6.21. The number of aromatic nitrogens is 1. The van der Waals surface area contributed by atoms with Gasteiger partial charge >= 0.3 is 5.97 Å². The van der Waals surface area contributed by atoms with Crippen LogP contribution in [0.25, 0.3) is 0 Å². The van der Waals surface area contributed by atoms with Crippen molar-refractivity contribution in [3.63, 3.8) is 0 Å². The normalized spacial score (nSPS) is 12.5. The smallest absolute Gasteiger partial charge is 0.328 e. The third-order valence-electron chi connectivity index (χ3n) is 2.55. The average molecular weight is 237 g/mol. The molecule has 0 aromatic carbocycles. The van der Waals surface area contributed by atoms with E-state index in [1.807, 2.05) is 0 Å². The zero-order valence-corrected chi connectivity index (χ0v) is 10.6. The van der Waals surface area contributed by atoms with Crippen LogP contribution < -0.4 is 5.56 Å². The molecule has 0 saturated heterocycles. The SMILES string of the molecule is CC(C)CCOC(=O)C(C)n1ccccc1=O. The number of nitrogens with zero attached hydrogens (tertiary/aromatic N) is 1. The molecule has 94 valence electrons. The van der Waals surface area contributed by atoms with Crippen molar-refractivity contribution in [2.24, 2.45) is 5.92 Å². The highest BCUT2D eigenvalue weighted by Gasteiger charge is 2.16. The predicted molar refractivity (Wildman–Crippen MR) is 65.8 cm³/mol. The van der Waals surface area contributed by atoms with E-state index >= 15 is 0 Å². The van der Waals surface area contributed by atoms with Gasteiger partial charge in [-0.25, -0.2) is 4.79 Å². The Kier molecular flexibility index (Phi) is 4.94. The van der Waals surface area contributed by atoms with E-state index in [4.69, 9.17) is 4.74 Å². The van der Waals surface area contributed by atoms with E-state index in [1.165, 1.54) is 10.6 Å². The molecule has 0 bridgehead atoms. The van der Waals surface area contributed by atoms with E-state index in [2.05, 4.69) is 13.8 Å². The van der Waals surface area contributed by atoms with Gasteiger partial charge in [-0.2, -0.15) is 0 Å². The number of carbonyl (C=O) groups is 1. The Hall–Kier alpha value is -1.58. The summed E-state index contributed by atoms with van der Waals surface area (Å²) in [5, 5.41) is 0. The lowest BCUT2D eigenvalue weighted by atomic mass is 10.1. The summed E-state index contributed by atoms with van der Waals surface area (Å²) in [5.41, 5.74) is -0.194. The molecule has 0 radical (unpaired) electrons. The number of rotatable bonds is 5. The molecule has 1 aromatic rings.